The van der Waals surface area contributed by atoms with Crippen LogP contribution < -0.4 is 42.5 Å². The van der Waals surface area contributed by atoms with Gasteiger partial charge in [-0.3, -0.25) is 58.0 Å². The monoisotopic (exact) mass is 1890 g/mol. The quantitative estimate of drug-likeness (QED) is 0.0346. The van der Waals surface area contributed by atoms with Crippen molar-refractivity contribution in [1.29, 1.82) is 0 Å². The predicted octanol–water partition coefficient (Wildman–Crippen LogP) is 16.2. The molecule has 7 heterocycles. The van der Waals surface area contributed by atoms with Crippen LogP contribution in [-0.4, -0.2) is 293 Å². The van der Waals surface area contributed by atoms with Gasteiger partial charge in [0, 0.05) is 240 Å². The molecule has 28 heteroatoms. The van der Waals surface area contributed by atoms with Crippen molar-refractivity contribution in [3.63, 3.8) is 0 Å². The summed E-state index contributed by atoms with van der Waals surface area (Å²) in [6, 6.07) is 14.3. The van der Waals surface area contributed by atoms with Crippen molar-refractivity contribution in [3.05, 3.63) is 35.9 Å². The van der Waals surface area contributed by atoms with Crippen molar-refractivity contribution < 1.29 is 52.7 Å². The number of urea groups is 3. The van der Waals surface area contributed by atoms with Crippen molar-refractivity contribution in [2.75, 3.05) is 99.2 Å². The number of benzene rings is 1. The minimum absolute atomic E-state index is 0.00219. The highest BCUT2D eigenvalue weighted by Crippen LogP contribution is 2.37. The second-order valence-electron chi connectivity index (χ2n) is 50.1. The van der Waals surface area contributed by atoms with Crippen LogP contribution in [0.1, 0.15) is 352 Å². The van der Waals surface area contributed by atoms with Crippen molar-refractivity contribution in [1.82, 2.24) is 86.6 Å². The number of nitrogens with one attached hydrogen (secondary N) is 8. The van der Waals surface area contributed by atoms with E-state index in [-0.39, 0.29) is 139 Å². The fraction of sp³-hybridized carbons (Fsp3) is 0.840. The third-order valence-corrected chi connectivity index (χ3v) is 25.8. The molecule has 0 saturated carbocycles. The summed E-state index contributed by atoms with van der Waals surface area (Å²) >= 11 is 0. The van der Waals surface area contributed by atoms with E-state index in [9.17, 15) is 52.7 Å². The molecule has 7 saturated heterocycles. The number of likely N-dealkylation sites (tertiary alicyclic amines) is 4. The van der Waals surface area contributed by atoms with Crippen LogP contribution in [0.25, 0.3) is 0 Å². The topological polar surface area (TPSA) is 313 Å². The van der Waals surface area contributed by atoms with Gasteiger partial charge in [0.05, 0.1) is 0 Å². The highest BCUT2D eigenvalue weighted by Gasteiger charge is 2.45. The lowest BCUT2D eigenvalue weighted by atomic mass is 9.80. The van der Waals surface area contributed by atoms with Crippen LogP contribution in [0.3, 0.4) is 0 Å². The summed E-state index contributed by atoms with van der Waals surface area (Å²) in [6.07, 6.45) is 6.68. The first-order chi connectivity index (χ1) is 61.0. The molecule has 8 rings (SSSR count). The molecule has 774 valence electrons. The molecule has 0 bridgehead atoms. The Kier molecular flexibility index (Phi) is 49.4. The van der Waals surface area contributed by atoms with Gasteiger partial charge < -0.3 is 67.0 Å². The third-order valence-electron chi connectivity index (χ3n) is 25.8. The number of rotatable bonds is 29. The molecular formula is C106H199N17O11. The molecule has 0 spiro atoms. The fourth-order valence-electron chi connectivity index (χ4n) is 16.8. The lowest BCUT2D eigenvalue weighted by Gasteiger charge is -2.41. The summed E-state index contributed by atoms with van der Waals surface area (Å²) in [6.45, 7) is 92.4. The van der Waals surface area contributed by atoms with Crippen LogP contribution in [0.4, 0.5) is 14.4 Å². The minimum atomic E-state index is -0.422. The number of amides is 14. The molecule has 134 heavy (non-hydrogen) atoms. The maximum Gasteiger partial charge on any atom is 0.319 e. The molecular weight excluding hydrogens is 1690 g/mol. The number of imide groups is 4. The molecule has 0 aromatic heterocycles. The van der Waals surface area contributed by atoms with E-state index in [4.69, 9.17) is 0 Å². The maximum absolute atomic E-state index is 12.6. The van der Waals surface area contributed by atoms with E-state index in [1.807, 2.05) is 91.7 Å². The zero-order valence-corrected chi connectivity index (χ0v) is 92.5. The lowest BCUT2D eigenvalue weighted by Crippen LogP contribution is -2.57. The summed E-state index contributed by atoms with van der Waals surface area (Å²) in [5.41, 5.74) is 0.898. The smallest absolute Gasteiger partial charge is 0.319 e. The number of carbonyl (C=O) groups is 11. The van der Waals surface area contributed by atoms with Crippen LogP contribution in [-0.2, 0) is 38.4 Å². The predicted molar refractivity (Wildman–Crippen MR) is 549 cm³/mol. The Balaban J connectivity index is 0.000000531. The van der Waals surface area contributed by atoms with Crippen molar-refractivity contribution in [2.24, 2.45) is 48.7 Å². The summed E-state index contributed by atoms with van der Waals surface area (Å²) in [7, 11) is 3.75. The van der Waals surface area contributed by atoms with Gasteiger partial charge in [-0.05, 0) is 74.6 Å². The Bertz CT molecular complexity index is 3730. The van der Waals surface area contributed by atoms with Gasteiger partial charge in [-0.2, -0.15) is 0 Å². The Morgan fingerprint density at radius 2 is 0.612 bits per heavy atom. The molecule has 7 aliphatic rings. The van der Waals surface area contributed by atoms with Gasteiger partial charge in [0.15, 0.2) is 0 Å². The molecule has 7 fully saturated rings. The van der Waals surface area contributed by atoms with Gasteiger partial charge in [0.1, 0.15) is 0 Å². The number of nitrogens with zero attached hydrogens (tertiary/aromatic N) is 9. The second kappa shape index (κ2) is 53.6. The summed E-state index contributed by atoms with van der Waals surface area (Å²) in [5, 5.41) is 27.6. The third kappa shape index (κ3) is 44.2. The van der Waals surface area contributed by atoms with E-state index in [2.05, 4.69) is 285 Å². The SMILES string of the molecule is CC(C)N[C@H](CN1C(=O)CC(C)(C)CC1=O)C(C)(C)C.CC(C)N[C@H](CN1C(=O)CC(c2ccccc2)CC1=O)C(C)(C)C.CC(C)N[C@H](CN1C(=O)CCC(C)(C)C1=O)C(C)(C)C.CC(C)N[C@H](CN1C(=O)CCCC1=O)C(C)(C)C.CC(C)N[C@H](CN1CCCN(C)C1=O)C(C)(C)C.CC(C)N[C@H](CN1CCCNC1=O)C(C)(C)C.CC(C)N[C@H](CN1CCN(C)C1=O)C(C)(C)C. The van der Waals surface area contributed by atoms with Gasteiger partial charge in [-0.25, -0.2) is 14.4 Å². The molecule has 28 nitrogen and oxygen atoms in total. The standard InChI is InChI=1S/C20H30N2O2.2C16H30N2O2.C14H29N3O.C14H26N2O2.2C13H27N3O/c1-14(2)21-17(20(3,4)5)13-22-18(23)11-16(12-19(22)24)15-9-7-6-8-10-15;1-11(2)17-12(15(3,4)5)10-18-13(19)8-16(6,7)9-14(18)20;1-11(2)17-12(15(3,4)5)10-18-13(19)8-9-16(6,7)14(18)20;1-11(2)15-12(14(3,4)5)10-17-9-7-8-16(6)13(17)18;1-10(2)15-11(14(3,4)5)9-16-12(17)7-6-8-13(16)18;1-10(2)14-11(13(3,4)5)9-16-8-7-15(6)12(16)17;1-10(2)15-11(13(3,4)5)9-16-8-6-7-14-12(16)17/h6-10,14,16-17,21H,11-13H2,1-5H3;2*11-12,17H,8-10H2,1-7H3;11-12,15H,7-10H2,1-6H3;10-11,15H,6-9H2,1-5H3;10-11,14H,7-9H2,1-6H3;10-11,15H,6-9H2,1-5H3,(H,14,17)/t17-;3*12-;3*11-/m1111111/s1. The van der Waals surface area contributed by atoms with Crippen LogP contribution in [0.5, 0.6) is 0 Å². The van der Waals surface area contributed by atoms with Gasteiger partial charge in [0.2, 0.25) is 47.3 Å². The minimum Gasteiger partial charge on any atom is -0.338 e. The molecule has 0 radical (unpaired) electrons. The number of piperidine rings is 4. The van der Waals surface area contributed by atoms with E-state index in [1.54, 1.807) is 4.90 Å². The highest BCUT2D eigenvalue weighted by molar-refractivity contribution is 6.01. The molecule has 1 aromatic rings. The molecule has 14 amide bonds. The number of carbonyl (C=O) groups excluding carboxylic acids is 11. The molecule has 7 aliphatic heterocycles. The van der Waals surface area contributed by atoms with Gasteiger partial charge in [-0.1, -0.05) is 300 Å². The van der Waals surface area contributed by atoms with E-state index in [0.717, 1.165) is 77.3 Å². The van der Waals surface area contributed by atoms with Crippen molar-refractivity contribution in [2.45, 2.75) is 431 Å². The molecule has 0 unspecified atom stereocenters. The Morgan fingerprint density at radius 1 is 0.328 bits per heavy atom. The van der Waals surface area contributed by atoms with Crippen LogP contribution in [0.2, 0.25) is 0 Å². The van der Waals surface area contributed by atoms with Crippen LogP contribution in [0, 0.1) is 48.7 Å². The highest BCUT2D eigenvalue weighted by atomic mass is 16.2. The van der Waals surface area contributed by atoms with Crippen LogP contribution in [0.15, 0.2) is 30.3 Å². The van der Waals surface area contributed by atoms with Gasteiger partial charge in [0.25, 0.3) is 0 Å². The lowest BCUT2D eigenvalue weighted by molar-refractivity contribution is -0.157. The zero-order chi connectivity index (χ0) is 103. The fourth-order valence-corrected chi connectivity index (χ4v) is 16.8. The van der Waals surface area contributed by atoms with Crippen LogP contribution >= 0.6 is 0 Å². The van der Waals surface area contributed by atoms with Gasteiger partial charge >= 0.3 is 18.1 Å². The first-order valence-electron chi connectivity index (χ1n) is 50.7. The number of likely N-dealkylation sites (N-methyl/N-ethyl adjacent to an activating group) is 1. The van der Waals surface area contributed by atoms with Crippen molar-refractivity contribution >= 4 is 65.4 Å². The molecule has 8 N–H and O–H groups in total. The normalized spacial score (nSPS) is 19.9. The largest absolute Gasteiger partial charge is 0.338 e. The summed E-state index contributed by atoms with van der Waals surface area (Å²) in [4.78, 5) is 149. The second-order valence-corrected chi connectivity index (χ2v) is 50.1. The summed E-state index contributed by atoms with van der Waals surface area (Å²) in [5.74, 6) is -0.287. The molecule has 7 atom stereocenters. The molecule has 0 aliphatic carbocycles. The number of hydrogen-bond acceptors (Lipinski definition) is 18. The first-order valence-corrected chi connectivity index (χ1v) is 50.7. The maximum atomic E-state index is 12.6. The zero-order valence-electron chi connectivity index (χ0n) is 92.5. The Labute approximate surface area is 815 Å². The van der Waals surface area contributed by atoms with E-state index in [0.29, 0.717) is 144 Å². The average Bonchev–Trinajstić information content (AvgIpc) is 1.11. The van der Waals surface area contributed by atoms with Crippen molar-refractivity contribution in [3.8, 4) is 0 Å². The molecule has 1 aromatic carbocycles. The number of hydrogen-bond donors (Lipinski definition) is 8. The Hall–Kier alpha value is -6.69. The van der Waals surface area contributed by atoms with E-state index < -0.39 is 5.41 Å². The first kappa shape index (κ1) is 123. The van der Waals surface area contributed by atoms with E-state index >= 15 is 0 Å². The van der Waals surface area contributed by atoms with Gasteiger partial charge in [-0.15, -0.1) is 0 Å². The average molecular weight is 1890 g/mol. The van der Waals surface area contributed by atoms with E-state index in [1.165, 1.54) is 19.6 Å². The summed E-state index contributed by atoms with van der Waals surface area (Å²) < 4.78 is 0. The Morgan fingerprint density at radius 3 is 0.933 bits per heavy atom.